The normalized spacial score (nSPS) is 17.4. The van der Waals surface area contributed by atoms with Crippen LogP contribution in [-0.4, -0.2) is 89.2 Å². The maximum atomic E-state index is 13.5. The number of nitrogens with one attached hydrogen (secondary N) is 3. The molecule has 2 aromatic heterocycles. The van der Waals surface area contributed by atoms with E-state index in [9.17, 15) is 22.8 Å². The number of halogens is 3. The van der Waals surface area contributed by atoms with Crippen molar-refractivity contribution in [3.63, 3.8) is 0 Å². The highest BCUT2D eigenvalue weighted by atomic mass is 32.1. The van der Waals surface area contributed by atoms with Crippen LogP contribution in [0.15, 0.2) is 11.6 Å². The Balaban J connectivity index is 1.36. The van der Waals surface area contributed by atoms with Crippen LogP contribution in [0.25, 0.3) is 0 Å². The molecule has 11 nitrogen and oxygen atoms in total. The Labute approximate surface area is 215 Å². The Morgan fingerprint density at radius 2 is 2.03 bits per heavy atom. The van der Waals surface area contributed by atoms with Gasteiger partial charge in [-0.05, 0) is 45.8 Å². The monoisotopic (exact) mass is 542 g/mol. The molecule has 4 heterocycles. The number of thiazole rings is 1. The van der Waals surface area contributed by atoms with Crippen LogP contribution in [0.4, 0.5) is 35.5 Å². The van der Waals surface area contributed by atoms with E-state index in [-0.39, 0.29) is 41.1 Å². The lowest BCUT2D eigenvalue weighted by Crippen LogP contribution is -2.43. The van der Waals surface area contributed by atoms with Crippen LogP contribution in [0.2, 0.25) is 0 Å². The van der Waals surface area contributed by atoms with Crippen LogP contribution in [-0.2, 0) is 10.9 Å². The molecule has 3 N–H and O–H groups in total. The number of hydrogen-bond acceptors (Lipinski definition) is 10. The van der Waals surface area contributed by atoms with Crippen molar-refractivity contribution in [2.24, 2.45) is 0 Å². The zero-order valence-corrected chi connectivity index (χ0v) is 21.1. The zero-order chi connectivity index (χ0) is 26.4. The van der Waals surface area contributed by atoms with Crippen molar-refractivity contribution in [2.75, 3.05) is 57.0 Å². The number of rotatable bonds is 9. The lowest BCUT2D eigenvalue weighted by atomic mass is 10.1. The largest absolute Gasteiger partial charge is 0.449 e. The quantitative estimate of drug-likeness (QED) is 0.410. The van der Waals surface area contributed by atoms with Gasteiger partial charge in [0.05, 0.1) is 6.61 Å². The van der Waals surface area contributed by atoms with Crippen LogP contribution >= 0.6 is 11.3 Å². The third-order valence-electron chi connectivity index (χ3n) is 6.04. The molecule has 0 atom stereocenters. The Bertz CT molecular complexity index is 1090. The summed E-state index contributed by atoms with van der Waals surface area (Å²) in [6, 6.07) is 0.0800. The first-order valence-electron chi connectivity index (χ1n) is 12.0. The molecule has 4 rings (SSSR count). The van der Waals surface area contributed by atoms with E-state index in [2.05, 4.69) is 35.8 Å². The molecular weight excluding hydrogens is 513 g/mol. The molecule has 0 aliphatic carbocycles. The fraction of sp³-hybridized carbons (Fsp3) is 0.591. The average molecular weight is 543 g/mol. The Kier molecular flexibility index (Phi) is 8.63. The van der Waals surface area contributed by atoms with E-state index in [0.29, 0.717) is 32.3 Å². The van der Waals surface area contributed by atoms with Gasteiger partial charge in [0.1, 0.15) is 17.2 Å². The Morgan fingerprint density at radius 1 is 1.24 bits per heavy atom. The van der Waals surface area contributed by atoms with E-state index >= 15 is 0 Å². The molecule has 2 amide bonds. The van der Waals surface area contributed by atoms with Gasteiger partial charge in [-0.15, -0.1) is 11.3 Å². The lowest BCUT2D eigenvalue weighted by Gasteiger charge is -2.29. The molecule has 2 aromatic rings. The molecule has 2 aliphatic rings. The number of nitrogens with zero attached hydrogens (tertiary/aromatic N) is 5. The molecule has 0 aromatic carbocycles. The third kappa shape index (κ3) is 7.41. The minimum Gasteiger partial charge on any atom is -0.449 e. The number of piperidine rings is 1. The number of ether oxygens (including phenoxy) is 1. The zero-order valence-electron chi connectivity index (χ0n) is 20.3. The molecule has 202 valence electrons. The van der Waals surface area contributed by atoms with Crippen molar-refractivity contribution in [2.45, 2.75) is 37.9 Å². The first-order valence-corrected chi connectivity index (χ1v) is 12.9. The van der Waals surface area contributed by atoms with Crippen LogP contribution in [0.3, 0.4) is 0 Å². The molecule has 0 spiro atoms. The van der Waals surface area contributed by atoms with Gasteiger partial charge in [0.25, 0.3) is 5.91 Å². The van der Waals surface area contributed by atoms with Gasteiger partial charge in [-0.1, -0.05) is 0 Å². The number of likely N-dealkylation sites (tertiary alicyclic amines) is 1. The number of carbonyl (C=O) groups excluding carboxylic acids is 2. The summed E-state index contributed by atoms with van der Waals surface area (Å²) in [6.45, 7) is 3.25. The van der Waals surface area contributed by atoms with Crippen molar-refractivity contribution >= 4 is 40.9 Å². The first kappa shape index (κ1) is 26.9. The summed E-state index contributed by atoms with van der Waals surface area (Å²) in [7, 11) is 2.04. The standard InChI is InChI=1S/C22H29F3N8O3S/c1-32-9-4-14(5-10-32)28-18(34)19-29-16(13-37-19)30-20-27-12-15(22(23,24)25)17(31-20)26-6-2-7-33-8-3-11-36-21(33)35/h12-14H,2-11H2,1H3,(H,28,34)(H2,26,27,30,31). The number of anilines is 3. The van der Waals surface area contributed by atoms with Crippen molar-refractivity contribution in [3.05, 3.63) is 22.1 Å². The summed E-state index contributed by atoms with van der Waals surface area (Å²) in [4.78, 5) is 40.0. The van der Waals surface area contributed by atoms with Crippen LogP contribution in [0.5, 0.6) is 0 Å². The fourth-order valence-electron chi connectivity index (χ4n) is 4.01. The van der Waals surface area contributed by atoms with Gasteiger partial charge in [0.2, 0.25) is 5.95 Å². The lowest BCUT2D eigenvalue weighted by molar-refractivity contribution is -0.137. The highest BCUT2D eigenvalue weighted by Crippen LogP contribution is 2.34. The second-order valence-electron chi connectivity index (χ2n) is 8.90. The maximum Gasteiger partial charge on any atom is 0.421 e. The molecule has 0 radical (unpaired) electrons. The number of alkyl halides is 3. The first-order chi connectivity index (χ1) is 17.7. The number of carbonyl (C=O) groups is 2. The minimum atomic E-state index is -4.66. The van der Waals surface area contributed by atoms with E-state index in [1.54, 1.807) is 5.38 Å². The van der Waals surface area contributed by atoms with Gasteiger partial charge in [-0.25, -0.2) is 14.8 Å². The van der Waals surface area contributed by atoms with Crippen molar-refractivity contribution < 1.29 is 27.5 Å². The summed E-state index contributed by atoms with van der Waals surface area (Å²) in [6.07, 6.45) is -1.54. The predicted molar refractivity (Wildman–Crippen MR) is 131 cm³/mol. The van der Waals surface area contributed by atoms with E-state index in [1.807, 2.05) is 7.05 Å². The van der Waals surface area contributed by atoms with Crippen molar-refractivity contribution in [1.29, 1.82) is 0 Å². The number of cyclic esters (lactones) is 1. The van der Waals surface area contributed by atoms with E-state index in [4.69, 9.17) is 4.74 Å². The second-order valence-corrected chi connectivity index (χ2v) is 9.76. The van der Waals surface area contributed by atoms with Gasteiger partial charge < -0.3 is 30.5 Å². The molecule has 37 heavy (non-hydrogen) atoms. The van der Waals surface area contributed by atoms with E-state index in [0.717, 1.165) is 43.7 Å². The third-order valence-corrected chi connectivity index (χ3v) is 6.88. The molecule has 2 saturated heterocycles. The maximum absolute atomic E-state index is 13.5. The van der Waals surface area contributed by atoms with E-state index in [1.165, 1.54) is 4.90 Å². The van der Waals surface area contributed by atoms with E-state index < -0.39 is 17.8 Å². The molecule has 2 aliphatic heterocycles. The molecule has 0 bridgehead atoms. The molecule has 0 unspecified atom stereocenters. The van der Waals surface area contributed by atoms with Gasteiger partial charge in [0.15, 0.2) is 5.01 Å². The molecular formula is C22H29F3N8O3S. The average Bonchev–Trinajstić information content (AvgIpc) is 3.32. The van der Waals surface area contributed by atoms with Crippen LogP contribution < -0.4 is 16.0 Å². The Hall–Kier alpha value is -3.20. The summed E-state index contributed by atoms with van der Waals surface area (Å²) < 4.78 is 45.4. The topological polar surface area (TPSA) is 125 Å². The summed E-state index contributed by atoms with van der Waals surface area (Å²) >= 11 is 1.12. The number of hydrogen-bond donors (Lipinski definition) is 3. The van der Waals surface area contributed by atoms with Gasteiger partial charge in [-0.3, -0.25) is 4.79 Å². The molecule has 0 saturated carbocycles. The fourth-order valence-corrected chi connectivity index (χ4v) is 4.66. The summed E-state index contributed by atoms with van der Waals surface area (Å²) in [5.74, 6) is -0.516. The summed E-state index contributed by atoms with van der Waals surface area (Å²) in [5.41, 5.74) is -1.01. The SMILES string of the molecule is CN1CCC(NC(=O)c2nc(Nc3ncc(C(F)(F)F)c(NCCCN4CCCOC4=O)n3)cs2)CC1. The van der Waals surface area contributed by atoms with Crippen molar-refractivity contribution in [3.8, 4) is 0 Å². The second kappa shape index (κ2) is 11.9. The molecule has 15 heteroatoms. The predicted octanol–water partition coefficient (Wildman–Crippen LogP) is 3.16. The van der Waals surface area contributed by atoms with Gasteiger partial charge in [-0.2, -0.15) is 18.2 Å². The smallest absolute Gasteiger partial charge is 0.421 e. The molecule has 2 fully saturated rings. The highest BCUT2D eigenvalue weighted by Gasteiger charge is 2.35. The van der Waals surface area contributed by atoms with Gasteiger partial charge >= 0.3 is 12.3 Å². The van der Waals surface area contributed by atoms with Crippen LogP contribution in [0.1, 0.15) is 41.0 Å². The highest BCUT2D eigenvalue weighted by molar-refractivity contribution is 7.12. The van der Waals surface area contributed by atoms with Gasteiger partial charge in [0, 0.05) is 37.3 Å². The summed E-state index contributed by atoms with van der Waals surface area (Å²) in [5, 5.41) is 10.3. The number of aromatic nitrogens is 3. The van der Waals surface area contributed by atoms with Crippen molar-refractivity contribution in [1.82, 2.24) is 30.1 Å². The Morgan fingerprint density at radius 3 is 2.76 bits per heavy atom. The number of amides is 2. The van der Waals surface area contributed by atoms with Crippen LogP contribution in [0, 0.1) is 0 Å². The minimum absolute atomic E-state index is 0.0800.